The quantitative estimate of drug-likeness (QED) is 0.754. The minimum atomic E-state index is -0.0464. The van der Waals surface area contributed by atoms with Crippen molar-refractivity contribution in [3.05, 3.63) is 24.4 Å². The standard InChI is InChI=1S/C13H20N5/c1-6-18-8-7-14-9-10(18)11-15-12(13(2,3)4)16-17(11)5/h7-9H,6H2,1-5H3/q+1. The Morgan fingerprint density at radius 2 is 2.06 bits per heavy atom. The van der Waals surface area contributed by atoms with Crippen LogP contribution in [0.5, 0.6) is 0 Å². The second-order valence-electron chi connectivity index (χ2n) is 5.38. The van der Waals surface area contributed by atoms with Gasteiger partial charge in [-0.3, -0.25) is 4.98 Å². The molecule has 0 N–H and O–H groups in total. The van der Waals surface area contributed by atoms with Crippen molar-refractivity contribution in [1.82, 2.24) is 19.7 Å². The largest absolute Gasteiger partial charge is 0.268 e. The first-order valence-corrected chi connectivity index (χ1v) is 6.19. The van der Waals surface area contributed by atoms with Crippen molar-refractivity contribution in [2.75, 3.05) is 0 Å². The minimum Gasteiger partial charge on any atom is -0.251 e. The van der Waals surface area contributed by atoms with Crippen LogP contribution in [-0.4, -0.2) is 19.7 Å². The van der Waals surface area contributed by atoms with Gasteiger partial charge >= 0.3 is 0 Å². The number of nitrogens with zero attached hydrogens (tertiary/aromatic N) is 5. The molecule has 2 rings (SSSR count). The van der Waals surface area contributed by atoms with Gasteiger partial charge in [-0.25, -0.2) is 9.67 Å². The van der Waals surface area contributed by atoms with E-state index in [1.807, 2.05) is 24.1 Å². The number of hydrogen-bond donors (Lipinski definition) is 0. The summed E-state index contributed by atoms with van der Waals surface area (Å²) in [5, 5.41) is 4.50. The van der Waals surface area contributed by atoms with Gasteiger partial charge in [0.2, 0.25) is 5.82 Å². The topological polar surface area (TPSA) is 47.5 Å². The lowest BCUT2D eigenvalue weighted by molar-refractivity contribution is -0.683. The van der Waals surface area contributed by atoms with E-state index in [1.165, 1.54) is 0 Å². The zero-order valence-electron chi connectivity index (χ0n) is 11.7. The third-order valence-electron chi connectivity index (χ3n) is 2.84. The molecule has 2 aromatic heterocycles. The molecule has 2 heterocycles. The van der Waals surface area contributed by atoms with Crippen LogP contribution in [0.1, 0.15) is 33.5 Å². The molecule has 0 saturated carbocycles. The summed E-state index contributed by atoms with van der Waals surface area (Å²) in [6.07, 6.45) is 5.58. The van der Waals surface area contributed by atoms with Crippen molar-refractivity contribution in [2.45, 2.75) is 39.7 Å². The summed E-state index contributed by atoms with van der Waals surface area (Å²) in [5.41, 5.74) is 0.945. The van der Waals surface area contributed by atoms with E-state index in [2.05, 4.69) is 47.3 Å². The first-order valence-electron chi connectivity index (χ1n) is 6.19. The zero-order chi connectivity index (χ0) is 13.3. The Labute approximate surface area is 108 Å². The molecule has 0 aliphatic carbocycles. The van der Waals surface area contributed by atoms with Gasteiger partial charge in [-0.1, -0.05) is 20.8 Å². The average molecular weight is 246 g/mol. The second-order valence-corrected chi connectivity index (χ2v) is 5.38. The molecule has 0 unspecified atom stereocenters. The molecule has 18 heavy (non-hydrogen) atoms. The van der Waals surface area contributed by atoms with E-state index >= 15 is 0 Å². The lowest BCUT2D eigenvalue weighted by atomic mass is 9.96. The molecule has 0 aliphatic rings. The van der Waals surface area contributed by atoms with Gasteiger partial charge in [0.25, 0.3) is 5.69 Å². The molecule has 0 fully saturated rings. The lowest BCUT2D eigenvalue weighted by Crippen LogP contribution is -2.35. The van der Waals surface area contributed by atoms with Crippen LogP contribution >= 0.6 is 0 Å². The molecule has 0 aliphatic heterocycles. The van der Waals surface area contributed by atoms with Crippen LogP contribution in [0.25, 0.3) is 11.5 Å². The van der Waals surface area contributed by atoms with Gasteiger partial charge in [0.15, 0.2) is 12.0 Å². The minimum absolute atomic E-state index is 0.0464. The maximum absolute atomic E-state index is 4.65. The van der Waals surface area contributed by atoms with Crippen molar-refractivity contribution in [2.24, 2.45) is 7.05 Å². The maximum Gasteiger partial charge on any atom is 0.268 e. The molecule has 0 radical (unpaired) electrons. The van der Waals surface area contributed by atoms with Crippen LogP contribution in [0.3, 0.4) is 0 Å². The van der Waals surface area contributed by atoms with Crippen LogP contribution in [0.2, 0.25) is 0 Å². The average Bonchev–Trinajstić information content (AvgIpc) is 2.71. The van der Waals surface area contributed by atoms with E-state index in [0.29, 0.717) is 0 Å². The fraction of sp³-hybridized carbons (Fsp3) is 0.538. The van der Waals surface area contributed by atoms with Crippen molar-refractivity contribution in [1.29, 1.82) is 0 Å². The highest BCUT2D eigenvalue weighted by atomic mass is 15.3. The molecule has 0 amide bonds. The Morgan fingerprint density at radius 3 is 2.61 bits per heavy atom. The third kappa shape index (κ3) is 2.25. The fourth-order valence-electron chi connectivity index (χ4n) is 1.77. The number of rotatable bonds is 2. The Morgan fingerprint density at radius 1 is 1.33 bits per heavy atom. The van der Waals surface area contributed by atoms with Crippen molar-refractivity contribution in [3.8, 4) is 11.5 Å². The van der Waals surface area contributed by atoms with Gasteiger partial charge in [0.1, 0.15) is 12.7 Å². The van der Waals surface area contributed by atoms with Crippen LogP contribution in [-0.2, 0) is 19.0 Å². The zero-order valence-corrected chi connectivity index (χ0v) is 11.7. The first-order chi connectivity index (χ1) is 8.43. The van der Waals surface area contributed by atoms with E-state index in [9.17, 15) is 0 Å². The monoisotopic (exact) mass is 246 g/mol. The predicted molar refractivity (Wildman–Crippen MR) is 68.8 cm³/mol. The Kier molecular flexibility index (Phi) is 3.15. The highest BCUT2D eigenvalue weighted by Crippen LogP contribution is 2.21. The molecule has 2 aromatic rings. The van der Waals surface area contributed by atoms with E-state index in [0.717, 1.165) is 23.9 Å². The van der Waals surface area contributed by atoms with Crippen LogP contribution < -0.4 is 4.57 Å². The van der Waals surface area contributed by atoms with Gasteiger partial charge in [-0.2, -0.15) is 9.67 Å². The highest BCUT2D eigenvalue weighted by Gasteiger charge is 2.24. The summed E-state index contributed by atoms with van der Waals surface area (Å²) in [6, 6.07) is 0. The molecule has 5 heteroatoms. The van der Waals surface area contributed by atoms with Crippen LogP contribution in [0, 0.1) is 0 Å². The van der Waals surface area contributed by atoms with Crippen molar-refractivity contribution in [3.63, 3.8) is 0 Å². The second kappa shape index (κ2) is 4.48. The summed E-state index contributed by atoms with van der Waals surface area (Å²) >= 11 is 0. The van der Waals surface area contributed by atoms with E-state index < -0.39 is 0 Å². The van der Waals surface area contributed by atoms with Crippen LogP contribution in [0.4, 0.5) is 0 Å². The fourth-order valence-corrected chi connectivity index (χ4v) is 1.77. The molecule has 0 saturated heterocycles. The third-order valence-corrected chi connectivity index (χ3v) is 2.84. The Balaban J connectivity index is 2.55. The Hall–Kier alpha value is -1.78. The SMILES string of the molecule is CC[n+]1ccncc1-c1nc(C(C)(C)C)nn1C. The van der Waals surface area contributed by atoms with Gasteiger partial charge in [0.05, 0.1) is 6.20 Å². The molecule has 0 spiro atoms. The first kappa shape index (κ1) is 12.7. The van der Waals surface area contributed by atoms with E-state index in [1.54, 1.807) is 6.20 Å². The molecule has 0 bridgehead atoms. The molecule has 96 valence electrons. The molecule has 5 nitrogen and oxygen atoms in total. The van der Waals surface area contributed by atoms with Gasteiger partial charge in [-0.05, 0) is 6.92 Å². The normalized spacial score (nSPS) is 11.8. The maximum atomic E-state index is 4.65. The number of aromatic nitrogens is 5. The lowest BCUT2D eigenvalue weighted by Gasteiger charge is -2.11. The summed E-state index contributed by atoms with van der Waals surface area (Å²) in [7, 11) is 1.92. The molecular weight excluding hydrogens is 226 g/mol. The summed E-state index contributed by atoms with van der Waals surface area (Å²) in [6.45, 7) is 9.33. The van der Waals surface area contributed by atoms with Gasteiger partial charge in [0, 0.05) is 12.5 Å². The smallest absolute Gasteiger partial charge is 0.251 e. The summed E-state index contributed by atoms with van der Waals surface area (Å²) in [4.78, 5) is 8.83. The number of hydrogen-bond acceptors (Lipinski definition) is 3. The van der Waals surface area contributed by atoms with Gasteiger partial charge in [-0.15, -0.1) is 0 Å². The molecule has 0 aromatic carbocycles. The van der Waals surface area contributed by atoms with Crippen LogP contribution in [0.15, 0.2) is 18.6 Å². The molecule has 0 atom stereocenters. The van der Waals surface area contributed by atoms with E-state index in [-0.39, 0.29) is 5.41 Å². The van der Waals surface area contributed by atoms with Gasteiger partial charge < -0.3 is 0 Å². The molecular formula is C13H20N5+. The van der Waals surface area contributed by atoms with E-state index in [4.69, 9.17) is 0 Å². The summed E-state index contributed by atoms with van der Waals surface area (Å²) in [5.74, 6) is 1.71. The Bertz CT molecular complexity index is 551. The van der Waals surface area contributed by atoms with Crippen molar-refractivity contribution < 1.29 is 4.57 Å². The van der Waals surface area contributed by atoms with Crippen molar-refractivity contribution >= 4 is 0 Å². The summed E-state index contributed by atoms with van der Waals surface area (Å²) < 4.78 is 3.94. The highest BCUT2D eigenvalue weighted by molar-refractivity contribution is 5.43. The number of aryl methyl sites for hydroxylation is 2. The predicted octanol–water partition coefficient (Wildman–Crippen LogP) is 1.48.